The van der Waals surface area contributed by atoms with Crippen LogP contribution in [0.4, 0.5) is 0 Å². The number of rotatable bonds is 1. The number of benzene rings is 2. The summed E-state index contributed by atoms with van der Waals surface area (Å²) in [5, 5.41) is 1.21. The van der Waals surface area contributed by atoms with Crippen molar-refractivity contribution in [1.29, 1.82) is 0 Å². The molecule has 0 bridgehead atoms. The lowest BCUT2D eigenvalue weighted by Crippen LogP contribution is -2.01. The van der Waals surface area contributed by atoms with Crippen LogP contribution in [0.25, 0.3) is 44.4 Å². The number of para-hydroxylation sites is 3. The average Bonchev–Trinajstić information content (AvgIpc) is 3.06. The number of nitrogens with zero attached hydrogens (tertiary/aromatic N) is 2. The fourth-order valence-corrected chi connectivity index (χ4v) is 2.85. The van der Waals surface area contributed by atoms with Crippen LogP contribution >= 0.6 is 0 Å². The van der Waals surface area contributed by atoms with Gasteiger partial charge in [0, 0.05) is 11.6 Å². The summed E-state index contributed by atoms with van der Waals surface area (Å²) in [7, 11) is 0. The first kappa shape index (κ1) is 13.0. The van der Waals surface area contributed by atoms with Crippen molar-refractivity contribution >= 4 is 33.0 Å². The summed E-state index contributed by atoms with van der Waals surface area (Å²) in [4.78, 5) is 21.2. The molecule has 0 saturated heterocycles. The van der Waals surface area contributed by atoms with Crippen LogP contribution in [0.1, 0.15) is 0 Å². The van der Waals surface area contributed by atoms with Gasteiger partial charge in [0.2, 0.25) is 5.89 Å². The van der Waals surface area contributed by atoms with Crippen molar-refractivity contribution in [2.45, 2.75) is 0 Å². The number of fused-ring (bicyclic) bond motifs is 4. The van der Waals surface area contributed by atoms with Gasteiger partial charge in [0.25, 0.3) is 0 Å². The molecule has 5 heteroatoms. The third kappa shape index (κ3) is 1.85. The molecule has 0 spiro atoms. The van der Waals surface area contributed by atoms with E-state index in [1.54, 1.807) is 18.3 Å². The molecule has 0 amide bonds. The first-order chi connectivity index (χ1) is 11.8. The van der Waals surface area contributed by atoms with Gasteiger partial charge >= 0.3 is 5.63 Å². The molecule has 5 rings (SSSR count). The third-order valence-electron chi connectivity index (χ3n) is 3.99. The summed E-state index contributed by atoms with van der Waals surface area (Å²) < 4.78 is 11.1. The highest BCUT2D eigenvalue weighted by molar-refractivity contribution is 6.02. The Bertz CT molecular complexity index is 1250. The highest BCUT2D eigenvalue weighted by Gasteiger charge is 2.13. The number of hydrogen-bond acceptors (Lipinski definition) is 5. The minimum absolute atomic E-state index is 0.411. The summed E-state index contributed by atoms with van der Waals surface area (Å²) >= 11 is 0. The van der Waals surface area contributed by atoms with E-state index < -0.39 is 5.63 Å². The Morgan fingerprint density at radius 3 is 2.50 bits per heavy atom. The molecule has 5 aromatic rings. The molecule has 24 heavy (non-hydrogen) atoms. The average molecular weight is 314 g/mol. The van der Waals surface area contributed by atoms with Crippen LogP contribution < -0.4 is 5.63 Å². The molecule has 3 heterocycles. The first-order valence-corrected chi connectivity index (χ1v) is 7.47. The van der Waals surface area contributed by atoms with E-state index in [9.17, 15) is 4.79 Å². The molecule has 0 aliphatic heterocycles. The summed E-state index contributed by atoms with van der Waals surface area (Å²) in [5.74, 6) is 0.429. The lowest BCUT2D eigenvalue weighted by Gasteiger charge is -2.02. The number of aromatic nitrogens is 2. The number of oxazole rings is 1. The van der Waals surface area contributed by atoms with Crippen LogP contribution in [0.5, 0.6) is 0 Å². The zero-order chi connectivity index (χ0) is 16.1. The molecule has 0 N–H and O–H groups in total. The molecule has 2 aromatic carbocycles. The van der Waals surface area contributed by atoms with Crippen molar-refractivity contribution in [1.82, 2.24) is 9.97 Å². The molecule has 0 unspecified atom stereocenters. The van der Waals surface area contributed by atoms with Crippen molar-refractivity contribution in [2.75, 3.05) is 0 Å². The van der Waals surface area contributed by atoms with Crippen LogP contribution in [0, 0.1) is 0 Å². The fourth-order valence-electron chi connectivity index (χ4n) is 2.85. The molecule has 0 atom stereocenters. The van der Waals surface area contributed by atoms with Gasteiger partial charge in [-0.15, -0.1) is 0 Å². The van der Waals surface area contributed by atoms with Crippen LogP contribution in [0.2, 0.25) is 0 Å². The van der Waals surface area contributed by atoms with Gasteiger partial charge in [-0.1, -0.05) is 24.3 Å². The second-order valence-electron chi connectivity index (χ2n) is 5.49. The topological polar surface area (TPSA) is 69.1 Å². The van der Waals surface area contributed by atoms with Gasteiger partial charge in [0.05, 0.1) is 16.5 Å². The van der Waals surface area contributed by atoms with Crippen molar-refractivity contribution in [3.63, 3.8) is 0 Å². The molecule has 0 radical (unpaired) electrons. The molecule has 114 valence electrons. The molecule has 0 saturated carbocycles. The Morgan fingerprint density at radius 2 is 1.62 bits per heavy atom. The van der Waals surface area contributed by atoms with E-state index >= 15 is 0 Å². The van der Waals surface area contributed by atoms with Gasteiger partial charge in [-0.05, 0) is 30.3 Å². The molecule has 0 fully saturated rings. The SMILES string of the molecule is O=c1oc2ccccc2c2ncc(-c3nc4ccccc4o3)cc12. The van der Waals surface area contributed by atoms with Crippen LogP contribution in [0.3, 0.4) is 0 Å². The smallest absolute Gasteiger partial charge is 0.345 e. The van der Waals surface area contributed by atoms with E-state index in [1.807, 2.05) is 42.5 Å². The van der Waals surface area contributed by atoms with Gasteiger partial charge in [-0.2, -0.15) is 0 Å². The predicted octanol–water partition coefficient (Wildman–Crippen LogP) is 4.15. The third-order valence-corrected chi connectivity index (χ3v) is 3.99. The Hall–Kier alpha value is -3.47. The normalized spacial score (nSPS) is 11.5. The standard InChI is InChI=1S/C19H10N2O3/c22-19-13-9-11(18-21-14-6-2-4-8-16(14)23-18)10-20-17(13)12-5-1-3-7-15(12)24-19/h1-10H. The molecular formula is C19H10N2O3. The van der Waals surface area contributed by atoms with Crippen molar-refractivity contribution in [3.8, 4) is 11.5 Å². The Balaban J connectivity index is 1.80. The van der Waals surface area contributed by atoms with E-state index in [1.165, 1.54) is 0 Å². The maximum absolute atomic E-state index is 12.3. The molecule has 5 nitrogen and oxygen atoms in total. The van der Waals surface area contributed by atoms with Crippen LogP contribution in [-0.2, 0) is 0 Å². The zero-order valence-corrected chi connectivity index (χ0v) is 12.4. The van der Waals surface area contributed by atoms with E-state index in [-0.39, 0.29) is 0 Å². The maximum Gasteiger partial charge on any atom is 0.345 e. The summed E-state index contributed by atoms with van der Waals surface area (Å²) in [6.07, 6.45) is 1.67. The number of pyridine rings is 1. The largest absolute Gasteiger partial charge is 0.436 e. The summed E-state index contributed by atoms with van der Waals surface area (Å²) in [6, 6.07) is 16.6. The minimum Gasteiger partial charge on any atom is -0.436 e. The lowest BCUT2D eigenvalue weighted by molar-refractivity contribution is 0.569. The molecular weight excluding hydrogens is 304 g/mol. The molecule has 3 aromatic heterocycles. The predicted molar refractivity (Wildman–Crippen MR) is 90.8 cm³/mol. The first-order valence-electron chi connectivity index (χ1n) is 7.47. The van der Waals surface area contributed by atoms with Gasteiger partial charge in [0.15, 0.2) is 5.58 Å². The zero-order valence-electron chi connectivity index (χ0n) is 12.4. The van der Waals surface area contributed by atoms with Crippen molar-refractivity contribution < 1.29 is 8.83 Å². The summed E-state index contributed by atoms with van der Waals surface area (Å²) in [6.45, 7) is 0. The van der Waals surface area contributed by atoms with Crippen molar-refractivity contribution in [3.05, 3.63) is 71.2 Å². The van der Waals surface area contributed by atoms with Crippen molar-refractivity contribution in [2.24, 2.45) is 0 Å². The molecule has 0 aliphatic carbocycles. The highest BCUT2D eigenvalue weighted by atomic mass is 16.4. The van der Waals surface area contributed by atoms with Gasteiger partial charge < -0.3 is 8.83 Å². The Kier molecular flexibility index (Phi) is 2.58. The summed E-state index contributed by atoms with van der Waals surface area (Å²) in [5.41, 5.74) is 2.81. The monoisotopic (exact) mass is 314 g/mol. The van der Waals surface area contributed by atoms with E-state index in [0.29, 0.717) is 33.5 Å². The second kappa shape index (κ2) is 4.76. The Labute approximate surface area is 135 Å². The quantitative estimate of drug-likeness (QED) is 0.343. The number of hydrogen-bond donors (Lipinski definition) is 0. The fraction of sp³-hybridized carbons (Fsp3) is 0. The van der Waals surface area contributed by atoms with Crippen LogP contribution in [0.15, 0.2) is 74.4 Å². The van der Waals surface area contributed by atoms with Gasteiger partial charge in [-0.3, -0.25) is 4.98 Å². The van der Waals surface area contributed by atoms with E-state index in [2.05, 4.69) is 9.97 Å². The second-order valence-corrected chi connectivity index (χ2v) is 5.49. The maximum atomic E-state index is 12.3. The van der Waals surface area contributed by atoms with E-state index in [0.717, 1.165) is 10.9 Å². The molecule has 0 aliphatic rings. The minimum atomic E-state index is -0.422. The van der Waals surface area contributed by atoms with Gasteiger partial charge in [0.1, 0.15) is 11.1 Å². The Morgan fingerprint density at radius 1 is 0.833 bits per heavy atom. The lowest BCUT2D eigenvalue weighted by atomic mass is 10.1. The van der Waals surface area contributed by atoms with E-state index in [4.69, 9.17) is 8.83 Å². The van der Waals surface area contributed by atoms with Gasteiger partial charge in [-0.25, -0.2) is 9.78 Å². The highest BCUT2D eigenvalue weighted by Crippen LogP contribution is 2.27. The van der Waals surface area contributed by atoms with Crippen LogP contribution in [-0.4, -0.2) is 9.97 Å².